The zero-order chi connectivity index (χ0) is 14.7. The number of benzene rings is 1. The standard InChI is InChI=1S/C16H17FN2OS/c17-13-7-1-4-11-10-15(20-16(11)13)14(19-18)8-2-5-12-6-3-9-21-12/h1,3-4,6-7,9-10,14,19H,2,5,8,18H2. The van der Waals surface area contributed by atoms with E-state index in [1.165, 1.54) is 10.9 Å². The molecule has 0 saturated carbocycles. The summed E-state index contributed by atoms with van der Waals surface area (Å²) in [5.41, 5.74) is 3.06. The minimum absolute atomic E-state index is 0.100. The van der Waals surface area contributed by atoms with Gasteiger partial charge >= 0.3 is 0 Å². The summed E-state index contributed by atoms with van der Waals surface area (Å²) < 4.78 is 19.3. The Hall–Kier alpha value is -1.69. The van der Waals surface area contributed by atoms with Gasteiger partial charge in [-0.25, -0.2) is 9.82 Å². The van der Waals surface area contributed by atoms with E-state index in [2.05, 4.69) is 22.9 Å². The Kier molecular flexibility index (Phi) is 4.34. The van der Waals surface area contributed by atoms with Crippen molar-refractivity contribution < 1.29 is 8.81 Å². The summed E-state index contributed by atoms with van der Waals surface area (Å²) in [6.45, 7) is 0. The van der Waals surface area contributed by atoms with E-state index in [4.69, 9.17) is 10.3 Å². The number of hydrazine groups is 1. The molecule has 1 unspecified atom stereocenters. The van der Waals surface area contributed by atoms with E-state index in [1.807, 2.05) is 12.1 Å². The third kappa shape index (κ3) is 3.15. The van der Waals surface area contributed by atoms with E-state index < -0.39 is 0 Å². The Balaban J connectivity index is 1.70. The molecule has 110 valence electrons. The fourth-order valence-corrected chi connectivity index (χ4v) is 3.21. The molecule has 1 aromatic carbocycles. The van der Waals surface area contributed by atoms with Crippen molar-refractivity contribution in [3.8, 4) is 0 Å². The number of nitrogens with one attached hydrogen (secondary N) is 1. The highest BCUT2D eigenvalue weighted by molar-refractivity contribution is 7.09. The summed E-state index contributed by atoms with van der Waals surface area (Å²) >= 11 is 1.76. The molecule has 0 saturated heterocycles. The van der Waals surface area contributed by atoms with Crippen LogP contribution in [0.2, 0.25) is 0 Å². The molecule has 0 aliphatic carbocycles. The second kappa shape index (κ2) is 6.39. The Morgan fingerprint density at radius 1 is 1.29 bits per heavy atom. The molecular weight excluding hydrogens is 287 g/mol. The van der Waals surface area contributed by atoms with Gasteiger partial charge in [-0.2, -0.15) is 0 Å². The molecule has 0 bridgehead atoms. The molecule has 0 fully saturated rings. The van der Waals surface area contributed by atoms with Gasteiger partial charge in [-0.15, -0.1) is 11.3 Å². The van der Waals surface area contributed by atoms with Crippen LogP contribution in [0.15, 0.2) is 46.2 Å². The molecule has 1 atom stereocenters. The first kappa shape index (κ1) is 14.3. The number of fused-ring (bicyclic) bond motifs is 1. The maximum Gasteiger partial charge on any atom is 0.169 e. The maximum atomic E-state index is 13.7. The van der Waals surface area contributed by atoms with Crippen LogP contribution in [0.1, 0.15) is 29.5 Å². The van der Waals surface area contributed by atoms with Gasteiger partial charge in [0.1, 0.15) is 5.76 Å². The van der Waals surface area contributed by atoms with Gasteiger partial charge in [0.25, 0.3) is 0 Å². The van der Waals surface area contributed by atoms with Crippen LogP contribution in [0.4, 0.5) is 4.39 Å². The smallest absolute Gasteiger partial charge is 0.169 e. The quantitative estimate of drug-likeness (QED) is 0.531. The number of aryl methyl sites for hydroxylation is 1. The van der Waals surface area contributed by atoms with Gasteiger partial charge in [-0.1, -0.05) is 18.2 Å². The number of rotatable bonds is 6. The second-order valence-corrected chi connectivity index (χ2v) is 6.03. The van der Waals surface area contributed by atoms with Crippen LogP contribution in [-0.4, -0.2) is 0 Å². The molecule has 0 radical (unpaired) electrons. The first-order chi connectivity index (χ1) is 10.3. The topological polar surface area (TPSA) is 51.2 Å². The van der Waals surface area contributed by atoms with E-state index >= 15 is 0 Å². The monoisotopic (exact) mass is 304 g/mol. The zero-order valence-electron chi connectivity index (χ0n) is 11.5. The molecule has 3 aromatic rings. The molecule has 0 aliphatic rings. The summed E-state index contributed by atoms with van der Waals surface area (Å²) in [5, 5.41) is 2.85. The lowest BCUT2D eigenvalue weighted by Gasteiger charge is -2.12. The Bertz CT molecular complexity index is 708. The van der Waals surface area contributed by atoms with Crippen molar-refractivity contribution in [2.75, 3.05) is 0 Å². The molecule has 2 aromatic heterocycles. The van der Waals surface area contributed by atoms with E-state index in [0.717, 1.165) is 24.6 Å². The number of para-hydroxylation sites is 1. The summed E-state index contributed by atoms with van der Waals surface area (Å²) in [6, 6.07) is 10.9. The highest BCUT2D eigenvalue weighted by Gasteiger charge is 2.16. The van der Waals surface area contributed by atoms with E-state index in [-0.39, 0.29) is 11.9 Å². The molecule has 3 nitrogen and oxygen atoms in total. The van der Waals surface area contributed by atoms with Crippen LogP contribution < -0.4 is 11.3 Å². The van der Waals surface area contributed by atoms with Crippen molar-refractivity contribution in [2.45, 2.75) is 25.3 Å². The summed E-state index contributed by atoms with van der Waals surface area (Å²) in [7, 11) is 0. The van der Waals surface area contributed by atoms with Crippen LogP contribution in [0.3, 0.4) is 0 Å². The highest BCUT2D eigenvalue weighted by atomic mass is 32.1. The van der Waals surface area contributed by atoms with Gasteiger partial charge < -0.3 is 4.42 Å². The number of hydrogen-bond donors (Lipinski definition) is 2. The van der Waals surface area contributed by atoms with Crippen molar-refractivity contribution in [3.63, 3.8) is 0 Å². The third-order valence-electron chi connectivity index (χ3n) is 3.56. The lowest BCUT2D eigenvalue weighted by molar-refractivity contribution is 0.404. The fourth-order valence-electron chi connectivity index (χ4n) is 2.46. The van der Waals surface area contributed by atoms with Crippen LogP contribution >= 0.6 is 11.3 Å². The SMILES string of the molecule is NNC(CCCc1cccs1)c1cc2cccc(F)c2o1. The largest absolute Gasteiger partial charge is 0.456 e. The number of thiophene rings is 1. The molecule has 3 N–H and O–H groups in total. The molecule has 0 aliphatic heterocycles. The highest BCUT2D eigenvalue weighted by Crippen LogP contribution is 2.28. The third-order valence-corrected chi connectivity index (χ3v) is 4.49. The van der Waals surface area contributed by atoms with Gasteiger partial charge in [0.2, 0.25) is 0 Å². The molecule has 0 amide bonds. The number of nitrogens with two attached hydrogens (primary N) is 1. The van der Waals surface area contributed by atoms with Gasteiger partial charge in [0.15, 0.2) is 11.4 Å². The van der Waals surface area contributed by atoms with Gasteiger partial charge in [-0.3, -0.25) is 5.84 Å². The molecule has 2 heterocycles. The van der Waals surface area contributed by atoms with Crippen LogP contribution in [0, 0.1) is 5.82 Å². The second-order valence-electron chi connectivity index (χ2n) is 5.00. The Labute approximate surface area is 126 Å². The maximum absolute atomic E-state index is 13.7. The van der Waals surface area contributed by atoms with Crippen LogP contribution in [-0.2, 0) is 6.42 Å². The van der Waals surface area contributed by atoms with Crippen molar-refractivity contribution in [3.05, 3.63) is 58.2 Å². The first-order valence-electron chi connectivity index (χ1n) is 6.94. The van der Waals surface area contributed by atoms with E-state index in [9.17, 15) is 4.39 Å². The lowest BCUT2D eigenvalue weighted by Crippen LogP contribution is -2.27. The average molecular weight is 304 g/mol. The van der Waals surface area contributed by atoms with Crippen molar-refractivity contribution >= 4 is 22.3 Å². The summed E-state index contributed by atoms with van der Waals surface area (Å²) in [5.74, 6) is 5.97. The normalized spacial score (nSPS) is 12.9. The summed E-state index contributed by atoms with van der Waals surface area (Å²) in [4.78, 5) is 1.36. The minimum atomic E-state index is -0.340. The minimum Gasteiger partial charge on any atom is -0.456 e. The molecule has 5 heteroatoms. The predicted octanol–water partition coefficient (Wildman–Crippen LogP) is 4.16. The van der Waals surface area contributed by atoms with Crippen molar-refractivity contribution in [1.29, 1.82) is 0 Å². The average Bonchev–Trinajstić information content (AvgIpc) is 3.13. The van der Waals surface area contributed by atoms with Crippen molar-refractivity contribution in [2.24, 2.45) is 5.84 Å². The van der Waals surface area contributed by atoms with E-state index in [0.29, 0.717) is 11.3 Å². The van der Waals surface area contributed by atoms with Crippen LogP contribution in [0.25, 0.3) is 11.0 Å². The summed E-state index contributed by atoms with van der Waals surface area (Å²) in [6.07, 6.45) is 2.86. The lowest BCUT2D eigenvalue weighted by atomic mass is 10.1. The number of halogens is 1. The van der Waals surface area contributed by atoms with Gasteiger partial charge in [0.05, 0.1) is 6.04 Å². The van der Waals surface area contributed by atoms with Gasteiger partial charge in [-0.05, 0) is 42.8 Å². The number of hydrogen-bond acceptors (Lipinski definition) is 4. The van der Waals surface area contributed by atoms with E-state index in [1.54, 1.807) is 17.4 Å². The van der Waals surface area contributed by atoms with Gasteiger partial charge in [0, 0.05) is 10.3 Å². The predicted molar refractivity (Wildman–Crippen MR) is 83.5 cm³/mol. The van der Waals surface area contributed by atoms with Crippen LogP contribution in [0.5, 0.6) is 0 Å². The fraction of sp³-hybridized carbons (Fsp3) is 0.250. The molecule has 21 heavy (non-hydrogen) atoms. The molecule has 3 rings (SSSR count). The zero-order valence-corrected chi connectivity index (χ0v) is 12.3. The Morgan fingerprint density at radius 3 is 2.90 bits per heavy atom. The Morgan fingerprint density at radius 2 is 2.19 bits per heavy atom. The molecule has 0 spiro atoms. The number of furan rings is 1. The molecular formula is C16H17FN2OS. The van der Waals surface area contributed by atoms with Crippen molar-refractivity contribution in [1.82, 2.24) is 5.43 Å². The first-order valence-corrected chi connectivity index (χ1v) is 7.82.